The molecule has 11 nitrogen and oxygen atoms in total. The van der Waals surface area contributed by atoms with E-state index in [1.807, 2.05) is 0 Å². The van der Waals surface area contributed by atoms with Crippen LogP contribution in [-0.4, -0.2) is 60.3 Å². The second-order valence-corrected chi connectivity index (χ2v) is 22.8. The number of esters is 4. The highest BCUT2D eigenvalue weighted by molar-refractivity contribution is 8.25. The minimum Gasteiger partial charge on any atom is -0.462 e. The van der Waals surface area contributed by atoms with Crippen molar-refractivity contribution in [2.24, 2.45) is 53.3 Å². The summed E-state index contributed by atoms with van der Waals surface area (Å²) in [7, 11) is 0. The van der Waals surface area contributed by atoms with Crippen LogP contribution in [0.2, 0.25) is 0 Å². The molecule has 67 heavy (non-hydrogen) atoms. The molecule has 6 rings (SSSR count). The molecule has 0 spiro atoms. The van der Waals surface area contributed by atoms with E-state index in [1.54, 1.807) is 23.5 Å². The summed E-state index contributed by atoms with van der Waals surface area (Å²) in [5, 5.41) is 28.4. The van der Waals surface area contributed by atoms with Crippen LogP contribution in [0.3, 0.4) is 0 Å². The van der Waals surface area contributed by atoms with Crippen LogP contribution in [0, 0.1) is 87.3 Å². The van der Waals surface area contributed by atoms with E-state index >= 15 is 0 Å². The van der Waals surface area contributed by atoms with E-state index in [0.717, 1.165) is 111 Å². The molecule has 372 valence electrons. The smallest absolute Gasteiger partial charge is 0.350 e. The van der Waals surface area contributed by atoms with Crippen molar-refractivity contribution in [2.45, 2.75) is 200 Å². The minimum absolute atomic E-state index is 0. The lowest BCUT2D eigenvalue weighted by Gasteiger charge is -2.38. The molecular weight excluding hydrogens is 883 g/mol. The maximum Gasteiger partial charge on any atom is 0.350 e. The van der Waals surface area contributed by atoms with E-state index in [-0.39, 0.29) is 62.8 Å². The summed E-state index contributed by atoms with van der Waals surface area (Å²) in [5.74, 6) is 4.67. The average molecular weight is 964 g/mol. The van der Waals surface area contributed by atoms with Crippen molar-refractivity contribution >= 4 is 47.4 Å². The first-order valence-corrected chi connectivity index (χ1v) is 27.4. The number of hydrogen-bond donors (Lipinski definition) is 0. The van der Waals surface area contributed by atoms with E-state index < -0.39 is 23.9 Å². The van der Waals surface area contributed by atoms with Crippen LogP contribution in [0.4, 0.5) is 0 Å². The van der Waals surface area contributed by atoms with Crippen LogP contribution in [-0.2, 0) is 38.1 Å². The molecule has 0 radical (unpaired) electrons. The van der Waals surface area contributed by atoms with Gasteiger partial charge in [-0.15, -0.1) is 23.5 Å². The van der Waals surface area contributed by atoms with Crippen molar-refractivity contribution in [3.63, 3.8) is 0 Å². The Kier molecular flexibility index (Phi) is 24.7. The van der Waals surface area contributed by atoms with Gasteiger partial charge in [0, 0.05) is 28.4 Å². The Morgan fingerprint density at radius 1 is 0.642 bits per heavy atom. The molecular formula is C54H81N3O8S2. The molecule has 5 aliphatic carbocycles. The Morgan fingerprint density at radius 2 is 1.10 bits per heavy atom. The van der Waals surface area contributed by atoms with Gasteiger partial charge in [0.05, 0.1) is 29.2 Å². The number of hydrogen-bond acceptors (Lipinski definition) is 13. The highest BCUT2D eigenvalue weighted by atomic mass is 32.2. The summed E-state index contributed by atoms with van der Waals surface area (Å²) in [5.41, 5.74) is 0.448. The highest BCUT2D eigenvalue weighted by Crippen LogP contribution is 2.51. The topological polar surface area (TPSA) is 177 Å². The predicted octanol–water partition coefficient (Wildman–Crippen LogP) is 12.7. The van der Waals surface area contributed by atoms with Gasteiger partial charge in [-0.1, -0.05) is 40.7 Å². The molecule has 1 aliphatic heterocycles. The minimum atomic E-state index is -0.543. The number of carbonyl (C=O) groups is 4. The largest absolute Gasteiger partial charge is 0.462 e. The predicted molar refractivity (Wildman–Crippen MR) is 264 cm³/mol. The second-order valence-electron chi connectivity index (χ2n) is 20.3. The molecule has 5 saturated carbocycles. The van der Waals surface area contributed by atoms with Crippen molar-refractivity contribution in [3.8, 4) is 18.2 Å². The van der Waals surface area contributed by atoms with Gasteiger partial charge < -0.3 is 18.9 Å². The Balaban J connectivity index is 0.000000604. The lowest BCUT2D eigenvalue weighted by Crippen LogP contribution is -2.32. The molecule has 0 aromatic carbocycles. The van der Waals surface area contributed by atoms with Gasteiger partial charge in [-0.05, 0) is 177 Å². The number of nitrogens with zero attached hydrogens (tertiary/aromatic N) is 3. The molecule has 1 heterocycles. The second kappa shape index (κ2) is 29.5. The van der Waals surface area contributed by atoms with E-state index in [1.165, 1.54) is 71.1 Å². The van der Waals surface area contributed by atoms with Crippen molar-refractivity contribution in [3.05, 3.63) is 22.0 Å². The number of thioether (sulfide) groups is 2. The molecule has 0 N–H and O–H groups in total. The van der Waals surface area contributed by atoms with Gasteiger partial charge in [0.25, 0.3) is 0 Å². The van der Waals surface area contributed by atoms with E-state index in [4.69, 9.17) is 24.2 Å². The highest BCUT2D eigenvalue weighted by Gasteiger charge is 2.38. The maximum absolute atomic E-state index is 13.2. The van der Waals surface area contributed by atoms with Crippen LogP contribution >= 0.6 is 23.5 Å². The van der Waals surface area contributed by atoms with Crippen molar-refractivity contribution in [1.29, 1.82) is 15.8 Å². The fourth-order valence-electron chi connectivity index (χ4n) is 11.6. The van der Waals surface area contributed by atoms with Gasteiger partial charge in [-0.3, -0.25) is 9.59 Å². The summed E-state index contributed by atoms with van der Waals surface area (Å²) in [6.45, 7) is 9.51. The van der Waals surface area contributed by atoms with E-state index in [2.05, 4.69) is 38.6 Å². The zero-order valence-corrected chi connectivity index (χ0v) is 41.8. The normalized spacial score (nSPS) is 31.8. The van der Waals surface area contributed by atoms with Crippen LogP contribution in [0.15, 0.2) is 22.0 Å². The van der Waals surface area contributed by atoms with Gasteiger partial charge in [0.15, 0.2) is 5.57 Å². The van der Waals surface area contributed by atoms with Gasteiger partial charge >= 0.3 is 23.9 Å². The fraction of sp³-hybridized carbons (Fsp3) is 0.796. The summed E-state index contributed by atoms with van der Waals surface area (Å²) in [6.07, 6.45) is 23.7. The fourth-order valence-corrected chi connectivity index (χ4v) is 14.8. The summed E-state index contributed by atoms with van der Waals surface area (Å²) >= 11 is 3.38. The maximum atomic E-state index is 13.2. The monoisotopic (exact) mass is 964 g/mol. The van der Waals surface area contributed by atoms with Crippen molar-refractivity contribution < 1.29 is 38.1 Å². The third-order valence-corrected chi connectivity index (χ3v) is 18.9. The number of rotatable bonds is 16. The SMILES string of the molecule is C.C=C(C)C(=O)OCCOC(=O)CCC(=O)OC1CCC(C2CCC(OC(=O)/C(C#N)=C3/SCC(C4CCC(C5CCC(C#N)CC5)CC4)S3)CC2)CC1.CCCC(C)C1CCC(C#N)CC1. The van der Waals surface area contributed by atoms with Gasteiger partial charge in [0.1, 0.15) is 31.5 Å². The van der Waals surface area contributed by atoms with E-state index in [0.29, 0.717) is 28.9 Å². The third-order valence-electron chi connectivity index (χ3n) is 15.8. The van der Waals surface area contributed by atoms with Crippen LogP contribution in [0.25, 0.3) is 0 Å². The molecule has 0 amide bonds. The molecule has 2 atom stereocenters. The van der Waals surface area contributed by atoms with Crippen LogP contribution in [0.1, 0.15) is 182 Å². The third kappa shape index (κ3) is 18.1. The standard InChI is InChI=1S/C41H56N2O8S2.C12H21N.CH4/c1-26(2)39(46)49-22-21-48-37(44)19-20-38(45)50-33-15-11-30(12-16-33)31-13-17-34(18-14-31)51-40(47)35(24-43)41-52-25-36(53-41)32-9-7-29(8-10-32)28-5-3-27(23-42)4-6-28;1-3-4-10(2)12-7-5-11(9-13)6-8-12;/h27-34,36H,1,3-22,25H2,2H3;10-12H,3-8H2,1-2H3;1H4/b41-35-;;. The first-order chi connectivity index (χ1) is 31.9. The molecule has 0 aromatic heterocycles. The zero-order chi connectivity index (χ0) is 47.4. The Labute approximate surface area is 411 Å². The Bertz CT molecular complexity index is 1760. The molecule has 0 aromatic rings. The quantitative estimate of drug-likeness (QED) is 0.0470. The van der Waals surface area contributed by atoms with Gasteiger partial charge in [-0.25, -0.2) is 9.59 Å². The lowest BCUT2D eigenvalue weighted by molar-refractivity contribution is -0.156. The molecule has 1 saturated heterocycles. The first-order valence-electron chi connectivity index (χ1n) is 25.5. The Morgan fingerprint density at radius 3 is 1.61 bits per heavy atom. The lowest BCUT2D eigenvalue weighted by atomic mass is 9.69. The van der Waals surface area contributed by atoms with Crippen LogP contribution < -0.4 is 0 Å². The number of ether oxygens (including phenoxy) is 4. The number of carbonyl (C=O) groups excluding carboxylic acids is 4. The molecule has 6 aliphatic rings. The average Bonchev–Trinajstić information content (AvgIpc) is 3.83. The summed E-state index contributed by atoms with van der Waals surface area (Å²) < 4.78 is 22.3. The summed E-state index contributed by atoms with van der Waals surface area (Å²) in [4.78, 5) is 48.8. The Hall–Kier alpha value is -3.47. The van der Waals surface area contributed by atoms with Crippen LogP contribution in [0.5, 0.6) is 0 Å². The number of nitriles is 3. The van der Waals surface area contributed by atoms with Crippen molar-refractivity contribution in [1.82, 2.24) is 0 Å². The van der Waals surface area contributed by atoms with Crippen molar-refractivity contribution in [2.75, 3.05) is 19.0 Å². The zero-order valence-electron chi connectivity index (χ0n) is 40.2. The van der Waals surface area contributed by atoms with Gasteiger partial charge in [0.2, 0.25) is 0 Å². The molecule has 13 heteroatoms. The molecule has 0 bridgehead atoms. The summed E-state index contributed by atoms with van der Waals surface area (Å²) in [6, 6.07) is 7.04. The first kappa shape index (κ1) is 56.1. The molecule has 2 unspecified atom stereocenters. The van der Waals surface area contributed by atoms with Gasteiger partial charge in [-0.2, -0.15) is 15.8 Å². The van der Waals surface area contributed by atoms with E-state index in [9.17, 15) is 29.7 Å². The molecule has 6 fully saturated rings.